The van der Waals surface area contributed by atoms with E-state index in [-0.39, 0.29) is 0 Å². The normalized spacial score (nSPS) is 10.6. The largest absolute Gasteiger partial charge is 0.374 e. The number of aromatic nitrogens is 2. The molecule has 0 radical (unpaired) electrons. The Morgan fingerprint density at radius 2 is 0.774 bits per heavy atom. The number of hydrogen-bond acceptors (Lipinski definition) is 3. The van der Waals surface area contributed by atoms with Gasteiger partial charge in [0.15, 0.2) is 13.2 Å². The van der Waals surface area contributed by atoms with Crippen LogP contribution in [0.15, 0.2) is 110 Å². The van der Waals surface area contributed by atoms with Crippen LogP contribution in [0.4, 0.5) is 0 Å². The number of nitrogens with zero attached hydrogens (tertiary/aromatic N) is 2. The summed E-state index contributed by atoms with van der Waals surface area (Å²) in [5.41, 5.74) is 4.68. The van der Waals surface area contributed by atoms with Gasteiger partial charge in [0, 0.05) is 33.7 Å². The number of benzene rings is 2. The topological polar surface area (TPSA) is 35.5 Å². The van der Waals surface area contributed by atoms with Crippen LogP contribution in [-0.2, 0) is 4.74 Å². The molecule has 2 heterocycles. The minimum absolute atomic E-state index is 0.467. The average Bonchev–Trinajstić information content (AvgIpc) is 2.85. The van der Waals surface area contributed by atoms with E-state index in [4.69, 9.17) is 14.4 Å². The number of pyridine rings is 2. The van der Waals surface area contributed by atoms with Gasteiger partial charge >= 0.3 is 0 Å². The summed E-state index contributed by atoms with van der Waals surface area (Å²) in [6.45, 7) is 1.92. The van der Waals surface area contributed by atoms with E-state index in [1.807, 2.05) is 85.5 Å². The molecular formula is C26H26N2O3+2. The summed E-state index contributed by atoms with van der Waals surface area (Å²) in [5.74, 6) is 0. The van der Waals surface area contributed by atoms with Crippen LogP contribution >= 0.6 is 0 Å². The van der Waals surface area contributed by atoms with E-state index >= 15 is 0 Å². The molecule has 0 spiro atoms. The predicted molar refractivity (Wildman–Crippen MR) is 118 cm³/mol. The van der Waals surface area contributed by atoms with Crippen LogP contribution in [0.25, 0.3) is 22.3 Å². The molecule has 0 aliphatic carbocycles. The molecule has 4 rings (SSSR count). The molecule has 2 aromatic carbocycles. The molecule has 0 unspecified atom stereocenters. The van der Waals surface area contributed by atoms with E-state index in [2.05, 4.69) is 24.3 Å². The van der Waals surface area contributed by atoms with Crippen molar-refractivity contribution in [1.29, 1.82) is 0 Å². The maximum atomic E-state index is 5.66. The minimum Gasteiger partial charge on any atom is -0.374 e. The fraction of sp³-hybridized carbons (Fsp3) is 0.154. The van der Waals surface area contributed by atoms with Gasteiger partial charge in [-0.2, -0.15) is 0 Å². The molecular weight excluding hydrogens is 388 g/mol. The third kappa shape index (κ3) is 6.14. The Labute approximate surface area is 182 Å². The van der Waals surface area contributed by atoms with Crippen molar-refractivity contribution in [2.24, 2.45) is 0 Å². The van der Waals surface area contributed by atoms with Crippen molar-refractivity contribution < 1.29 is 23.9 Å². The first-order chi connectivity index (χ1) is 15.4. The van der Waals surface area contributed by atoms with Crippen LogP contribution in [0.1, 0.15) is 0 Å². The van der Waals surface area contributed by atoms with Gasteiger partial charge in [0.05, 0.1) is 13.2 Å². The summed E-state index contributed by atoms with van der Waals surface area (Å²) in [5, 5.41) is 0. The van der Waals surface area contributed by atoms with E-state index in [0.717, 1.165) is 11.1 Å². The summed E-state index contributed by atoms with van der Waals surface area (Å²) in [6, 6.07) is 28.7. The SMILES string of the molecule is c1ccc(-c2cc[n+](OCCOCCO[n+]3ccc(-c4ccccc4)cc3)cc2)cc1. The van der Waals surface area contributed by atoms with Crippen LogP contribution in [0.2, 0.25) is 0 Å². The fourth-order valence-electron chi connectivity index (χ4n) is 3.15. The van der Waals surface area contributed by atoms with Crippen LogP contribution in [0.5, 0.6) is 0 Å². The van der Waals surface area contributed by atoms with Gasteiger partial charge in [0.1, 0.15) is 0 Å². The highest BCUT2D eigenvalue weighted by Crippen LogP contribution is 2.17. The van der Waals surface area contributed by atoms with E-state index in [1.54, 1.807) is 9.46 Å². The van der Waals surface area contributed by atoms with Gasteiger partial charge in [-0.15, -0.1) is 0 Å². The second kappa shape index (κ2) is 10.9. The van der Waals surface area contributed by atoms with Gasteiger partial charge in [-0.25, -0.2) is 0 Å². The van der Waals surface area contributed by atoms with Gasteiger partial charge in [-0.1, -0.05) is 60.7 Å². The first kappa shape index (κ1) is 20.6. The lowest BCUT2D eigenvalue weighted by Gasteiger charge is -2.03. The highest BCUT2D eigenvalue weighted by Gasteiger charge is 2.05. The Hall–Kier alpha value is -3.70. The Morgan fingerprint density at radius 1 is 0.419 bits per heavy atom. The van der Waals surface area contributed by atoms with Crippen LogP contribution in [0.3, 0.4) is 0 Å². The summed E-state index contributed by atoms with van der Waals surface area (Å²) in [4.78, 5) is 11.3. The maximum absolute atomic E-state index is 5.66. The van der Waals surface area contributed by atoms with E-state index in [0.29, 0.717) is 26.4 Å². The lowest BCUT2D eigenvalue weighted by Crippen LogP contribution is -2.44. The molecule has 0 fully saturated rings. The number of hydrogen-bond donors (Lipinski definition) is 0. The molecule has 156 valence electrons. The smallest absolute Gasteiger partial charge is 0.223 e. The lowest BCUT2D eigenvalue weighted by molar-refractivity contribution is -0.892. The number of rotatable bonds is 10. The molecule has 0 saturated carbocycles. The van der Waals surface area contributed by atoms with E-state index in [1.165, 1.54) is 11.1 Å². The number of ether oxygens (including phenoxy) is 1. The van der Waals surface area contributed by atoms with Gasteiger partial charge in [-0.3, -0.25) is 9.68 Å². The minimum atomic E-state index is 0.467. The van der Waals surface area contributed by atoms with Crippen molar-refractivity contribution in [3.05, 3.63) is 110 Å². The predicted octanol–water partition coefficient (Wildman–Crippen LogP) is 3.17. The third-order valence-corrected chi connectivity index (χ3v) is 4.75. The molecule has 0 aliphatic rings. The zero-order valence-corrected chi connectivity index (χ0v) is 17.3. The molecule has 0 amide bonds. The zero-order chi connectivity index (χ0) is 21.1. The Balaban J connectivity index is 1.11. The molecule has 5 heteroatoms. The van der Waals surface area contributed by atoms with Gasteiger partial charge < -0.3 is 4.74 Å². The van der Waals surface area contributed by atoms with Crippen LogP contribution in [-0.4, -0.2) is 26.4 Å². The quantitative estimate of drug-likeness (QED) is 0.295. The van der Waals surface area contributed by atoms with Crippen molar-refractivity contribution in [3.8, 4) is 22.3 Å². The van der Waals surface area contributed by atoms with Gasteiger partial charge in [0.2, 0.25) is 24.8 Å². The Bertz CT molecular complexity index is 951. The van der Waals surface area contributed by atoms with Crippen molar-refractivity contribution in [2.45, 2.75) is 0 Å². The Morgan fingerprint density at radius 3 is 1.16 bits per heavy atom. The van der Waals surface area contributed by atoms with E-state index in [9.17, 15) is 0 Å². The molecule has 2 aromatic heterocycles. The Kier molecular flexibility index (Phi) is 7.23. The second-order valence-corrected chi connectivity index (χ2v) is 6.90. The molecule has 0 saturated heterocycles. The van der Waals surface area contributed by atoms with Crippen molar-refractivity contribution in [3.63, 3.8) is 0 Å². The van der Waals surface area contributed by atoms with Crippen molar-refractivity contribution in [1.82, 2.24) is 0 Å². The molecule has 5 nitrogen and oxygen atoms in total. The molecule has 0 atom stereocenters. The zero-order valence-electron chi connectivity index (χ0n) is 17.3. The standard InChI is InChI=1S/C26H26N2O3/c1-3-7-23(8-4-1)25-11-15-27(16-12-25)30-21-19-29-20-22-31-28-17-13-26(14-18-28)24-9-5-2-6-10-24/h1-18H,19-22H2/q+2. The van der Waals surface area contributed by atoms with E-state index < -0.39 is 0 Å². The molecule has 0 N–H and O–H groups in total. The van der Waals surface area contributed by atoms with Crippen molar-refractivity contribution in [2.75, 3.05) is 26.4 Å². The molecule has 0 bridgehead atoms. The van der Waals surface area contributed by atoms with Crippen LogP contribution in [0, 0.1) is 0 Å². The first-order valence-corrected chi connectivity index (χ1v) is 10.4. The molecule has 4 aromatic rings. The fourth-order valence-corrected chi connectivity index (χ4v) is 3.15. The molecule has 31 heavy (non-hydrogen) atoms. The second-order valence-electron chi connectivity index (χ2n) is 6.90. The maximum Gasteiger partial charge on any atom is 0.223 e. The first-order valence-electron chi connectivity index (χ1n) is 10.4. The van der Waals surface area contributed by atoms with Crippen LogP contribution < -0.4 is 19.1 Å². The highest BCUT2D eigenvalue weighted by molar-refractivity contribution is 5.62. The highest BCUT2D eigenvalue weighted by atomic mass is 16.7. The lowest BCUT2D eigenvalue weighted by atomic mass is 10.1. The third-order valence-electron chi connectivity index (χ3n) is 4.75. The van der Waals surface area contributed by atoms with Gasteiger partial charge in [-0.05, 0) is 22.3 Å². The molecule has 0 aliphatic heterocycles. The van der Waals surface area contributed by atoms with Crippen molar-refractivity contribution >= 4 is 0 Å². The average molecular weight is 415 g/mol. The summed E-state index contributed by atoms with van der Waals surface area (Å²) < 4.78 is 8.97. The monoisotopic (exact) mass is 414 g/mol. The van der Waals surface area contributed by atoms with Gasteiger partial charge in [0.25, 0.3) is 0 Å². The summed E-state index contributed by atoms with van der Waals surface area (Å²) >= 11 is 0. The summed E-state index contributed by atoms with van der Waals surface area (Å²) in [6.07, 6.45) is 7.62. The summed E-state index contributed by atoms with van der Waals surface area (Å²) in [7, 11) is 0.